The van der Waals surface area contributed by atoms with E-state index in [0.29, 0.717) is 0 Å². The Bertz CT molecular complexity index is 457. The molecule has 0 saturated carbocycles. The standard InChI is InChI=1S/C17H25NO/c1-17(2,3)12-11-16(19)15-10-6-9-14(18-15)13-7-4-5-8-13/h6-7,9-10,16,19H,4-5,8,11-12H2,1-3H3/t16-/m0/s1. The molecule has 1 aromatic rings. The molecule has 0 aromatic carbocycles. The fourth-order valence-corrected chi connectivity index (χ4v) is 2.44. The van der Waals surface area contributed by atoms with Gasteiger partial charge in [0.25, 0.3) is 0 Å². The molecule has 1 atom stereocenters. The van der Waals surface area contributed by atoms with E-state index in [1.807, 2.05) is 12.1 Å². The first-order valence-electron chi connectivity index (χ1n) is 7.30. The van der Waals surface area contributed by atoms with Crippen molar-refractivity contribution in [3.05, 3.63) is 35.7 Å². The van der Waals surface area contributed by atoms with Crippen molar-refractivity contribution in [1.82, 2.24) is 4.98 Å². The molecule has 0 bridgehead atoms. The van der Waals surface area contributed by atoms with Gasteiger partial charge < -0.3 is 5.11 Å². The minimum Gasteiger partial charge on any atom is -0.387 e. The lowest BCUT2D eigenvalue weighted by molar-refractivity contribution is 0.143. The molecule has 0 fully saturated rings. The van der Waals surface area contributed by atoms with Crippen LogP contribution in [0.15, 0.2) is 24.3 Å². The van der Waals surface area contributed by atoms with Crippen LogP contribution in [0.5, 0.6) is 0 Å². The zero-order valence-electron chi connectivity index (χ0n) is 12.3. The first kappa shape index (κ1) is 14.3. The summed E-state index contributed by atoms with van der Waals surface area (Å²) in [6.45, 7) is 6.60. The molecule has 2 heteroatoms. The van der Waals surface area contributed by atoms with E-state index in [-0.39, 0.29) is 5.41 Å². The van der Waals surface area contributed by atoms with Crippen molar-refractivity contribution in [3.8, 4) is 0 Å². The number of rotatable bonds is 4. The molecule has 1 aliphatic carbocycles. The number of hydrogen-bond donors (Lipinski definition) is 1. The summed E-state index contributed by atoms with van der Waals surface area (Å²) in [5.74, 6) is 0. The van der Waals surface area contributed by atoms with Gasteiger partial charge in [-0.1, -0.05) is 32.9 Å². The zero-order chi connectivity index (χ0) is 13.9. The van der Waals surface area contributed by atoms with Crippen LogP contribution in [0.3, 0.4) is 0 Å². The minimum atomic E-state index is -0.443. The quantitative estimate of drug-likeness (QED) is 0.863. The lowest BCUT2D eigenvalue weighted by Crippen LogP contribution is -2.09. The summed E-state index contributed by atoms with van der Waals surface area (Å²) in [5, 5.41) is 10.3. The molecule has 0 amide bonds. The average Bonchev–Trinajstić information content (AvgIpc) is 2.89. The summed E-state index contributed by atoms with van der Waals surface area (Å²) in [4.78, 5) is 4.64. The predicted octanol–water partition coefficient (Wildman–Crippen LogP) is 4.51. The topological polar surface area (TPSA) is 33.1 Å². The Morgan fingerprint density at radius 1 is 1.32 bits per heavy atom. The van der Waals surface area contributed by atoms with Crippen LogP contribution in [0.1, 0.15) is 70.4 Å². The summed E-state index contributed by atoms with van der Waals surface area (Å²) in [5.41, 5.74) is 3.45. The van der Waals surface area contributed by atoms with E-state index in [4.69, 9.17) is 0 Å². The van der Waals surface area contributed by atoms with Gasteiger partial charge in [-0.25, -0.2) is 0 Å². The van der Waals surface area contributed by atoms with Gasteiger partial charge in [-0.2, -0.15) is 0 Å². The van der Waals surface area contributed by atoms with Crippen molar-refractivity contribution in [3.63, 3.8) is 0 Å². The number of aliphatic hydroxyl groups is 1. The molecule has 0 spiro atoms. The Morgan fingerprint density at radius 2 is 2.11 bits per heavy atom. The number of nitrogens with zero attached hydrogens (tertiary/aromatic N) is 1. The minimum absolute atomic E-state index is 0.257. The fraction of sp³-hybridized carbons (Fsp3) is 0.588. The van der Waals surface area contributed by atoms with Crippen LogP contribution >= 0.6 is 0 Å². The van der Waals surface area contributed by atoms with Gasteiger partial charge in [0.2, 0.25) is 0 Å². The second kappa shape index (κ2) is 5.87. The Kier molecular flexibility index (Phi) is 4.41. The largest absolute Gasteiger partial charge is 0.387 e. The third-order valence-electron chi connectivity index (χ3n) is 3.65. The maximum absolute atomic E-state index is 10.3. The lowest BCUT2D eigenvalue weighted by Gasteiger charge is -2.20. The Hall–Kier alpha value is -1.15. The normalized spacial score (nSPS) is 17.4. The predicted molar refractivity (Wildman–Crippen MR) is 79.7 cm³/mol. The number of pyridine rings is 1. The molecular weight excluding hydrogens is 234 g/mol. The summed E-state index contributed by atoms with van der Waals surface area (Å²) in [6, 6.07) is 6.00. The van der Waals surface area contributed by atoms with Crippen LogP contribution in [0.2, 0.25) is 0 Å². The molecule has 1 aliphatic rings. The van der Waals surface area contributed by atoms with E-state index in [0.717, 1.165) is 37.1 Å². The smallest absolute Gasteiger partial charge is 0.0960 e. The molecule has 104 valence electrons. The Balaban J connectivity index is 2.05. The molecule has 1 aromatic heterocycles. The second-order valence-corrected chi connectivity index (χ2v) is 6.68. The van der Waals surface area contributed by atoms with E-state index < -0.39 is 6.10 Å². The third-order valence-corrected chi connectivity index (χ3v) is 3.65. The van der Waals surface area contributed by atoms with Crippen LogP contribution in [0, 0.1) is 5.41 Å². The van der Waals surface area contributed by atoms with Gasteiger partial charge in [0, 0.05) is 0 Å². The first-order valence-corrected chi connectivity index (χ1v) is 7.30. The maximum Gasteiger partial charge on any atom is 0.0960 e. The van der Waals surface area contributed by atoms with Crippen molar-refractivity contribution in [2.24, 2.45) is 5.41 Å². The summed E-state index contributed by atoms with van der Waals surface area (Å²) < 4.78 is 0. The third kappa shape index (κ3) is 4.17. The molecule has 2 nitrogen and oxygen atoms in total. The van der Waals surface area contributed by atoms with Gasteiger partial charge in [-0.3, -0.25) is 4.98 Å². The number of aliphatic hydroxyl groups excluding tert-OH is 1. The Morgan fingerprint density at radius 3 is 2.74 bits per heavy atom. The van der Waals surface area contributed by atoms with Crippen molar-refractivity contribution >= 4 is 5.57 Å². The highest BCUT2D eigenvalue weighted by Gasteiger charge is 2.17. The molecule has 0 radical (unpaired) electrons. The van der Waals surface area contributed by atoms with E-state index in [9.17, 15) is 5.11 Å². The summed E-state index contributed by atoms with van der Waals surface area (Å²) in [6.07, 6.45) is 7.12. The monoisotopic (exact) mass is 259 g/mol. The van der Waals surface area contributed by atoms with Crippen molar-refractivity contribution in [2.45, 2.75) is 59.0 Å². The fourth-order valence-electron chi connectivity index (χ4n) is 2.44. The van der Waals surface area contributed by atoms with Crippen LogP contribution in [0.4, 0.5) is 0 Å². The van der Waals surface area contributed by atoms with E-state index in [1.54, 1.807) is 0 Å². The van der Waals surface area contributed by atoms with Crippen LogP contribution < -0.4 is 0 Å². The molecule has 2 rings (SSSR count). The lowest BCUT2D eigenvalue weighted by atomic mass is 9.88. The van der Waals surface area contributed by atoms with Crippen LogP contribution in [-0.4, -0.2) is 10.1 Å². The highest BCUT2D eigenvalue weighted by atomic mass is 16.3. The molecule has 1 heterocycles. The average molecular weight is 259 g/mol. The molecule has 0 aliphatic heterocycles. The molecule has 19 heavy (non-hydrogen) atoms. The van der Waals surface area contributed by atoms with Gasteiger partial charge in [-0.15, -0.1) is 0 Å². The van der Waals surface area contributed by atoms with Crippen molar-refractivity contribution in [2.75, 3.05) is 0 Å². The van der Waals surface area contributed by atoms with Gasteiger partial charge in [-0.05, 0) is 55.2 Å². The van der Waals surface area contributed by atoms with E-state index >= 15 is 0 Å². The first-order chi connectivity index (χ1) is 8.96. The molecule has 1 N–H and O–H groups in total. The number of allylic oxidation sites excluding steroid dienone is 2. The van der Waals surface area contributed by atoms with Crippen molar-refractivity contribution < 1.29 is 5.11 Å². The zero-order valence-corrected chi connectivity index (χ0v) is 12.3. The van der Waals surface area contributed by atoms with Gasteiger partial charge in [0.1, 0.15) is 0 Å². The second-order valence-electron chi connectivity index (χ2n) is 6.68. The number of hydrogen-bond acceptors (Lipinski definition) is 2. The van der Waals surface area contributed by atoms with E-state index in [2.05, 4.69) is 37.9 Å². The SMILES string of the molecule is CC(C)(C)CC[C@H](O)c1cccc(C2=CCCC2)n1. The summed E-state index contributed by atoms with van der Waals surface area (Å²) in [7, 11) is 0. The Labute approximate surface area is 116 Å². The number of aromatic nitrogens is 1. The van der Waals surface area contributed by atoms with Gasteiger partial charge >= 0.3 is 0 Å². The molecule has 0 unspecified atom stereocenters. The van der Waals surface area contributed by atoms with Gasteiger partial charge in [0.05, 0.1) is 17.5 Å². The maximum atomic E-state index is 10.3. The van der Waals surface area contributed by atoms with Crippen LogP contribution in [-0.2, 0) is 0 Å². The van der Waals surface area contributed by atoms with E-state index in [1.165, 1.54) is 12.0 Å². The molecular formula is C17H25NO. The molecule has 0 saturated heterocycles. The van der Waals surface area contributed by atoms with Crippen molar-refractivity contribution in [1.29, 1.82) is 0 Å². The summed E-state index contributed by atoms with van der Waals surface area (Å²) >= 11 is 0. The highest BCUT2D eigenvalue weighted by molar-refractivity contribution is 5.64. The highest BCUT2D eigenvalue weighted by Crippen LogP contribution is 2.29. The van der Waals surface area contributed by atoms with Crippen LogP contribution in [0.25, 0.3) is 5.57 Å². The van der Waals surface area contributed by atoms with Gasteiger partial charge in [0.15, 0.2) is 0 Å².